The Balaban J connectivity index is 0.981. The van der Waals surface area contributed by atoms with Crippen molar-refractivity contribution in [1.29, 1.82) is 0 Å². The molecule has 0 unspecified atom stereocenters. The van der Waals surface area contributed by atoms with Crippen molar-refractivity contribution < 1.29 is 8.83 Å². The summed E-state index contributed by atoms with van der Waals surface area (Å²) >= 11 is 0. The molecule has 62 heavy (non-hydrogen) atoms. The Morgan fingerprint density at radius 2 is 0.790 bits per heavy atom. The van der Waals surface area contributed by atoms with Crippen molar-refractivity contribution in [2.24, 2.45) is 0 Å². The Labute approximate surface area is 358 Å². The van der Waals surface area contributed by atoms with E-state index in [2.05, 4.69) is 216 Å². The van der Waals surface area contributed by atoms with Gasteiger partial charge in [0.05, 0.1) is 0 Å². The summed E-state index contributed by atoms with van der Waals surface area (Å²) in [6, 6.07) is 78.5. The minimum Gasteiger partial charge on any atom is -0.456 e. The van der Waals surface area contributed by atoms with Gasteiger partial charge in [0.15, 0.2) is 5.58 Å². The predicted molar refractivity (Wildman–Crippen MR) is 257 cm³/mol. The van der Waals surface area contributed by atoms with Crippen LogP contribution in [0.4, 0.5) is 34.1 Å². The van der Waals surface area contributed by atoms with Crippen LogP contribution >= 0.6 is 0 Å². The minimum absolute atomic E-state index is 0.567. The molecule has 5 heteroatoms. The highest BCUT2D eigenvalue weighted by atomic mass is 16.3. The zero-order valence-electron chi connectivity index (χ0n) is 33.5. The van der Waals surface area contributed by atoms with Gasteiger partial charge in [-0.15, -0.1) is 0 Å². The monoisotopic (exact) mass is 795 g/mol. The van der Waals surface area contributed by atoms with Crippen LogP contribution in [0.2, 0.25) is 0 Å². The zero-order chi connectivity index (χ0) is 41.0. The first-order valence-electron chi connectivity index (χ1n) is 20.9. The fourth-order valence-corrected chi connectivity index (χ4v) is 8.94. The Kier molecular flexibility index (Phi) is 8.42. The first-order chi connectivity index (χ1) is 30.7. The third kappa shape index (κ3) is 6.06. The Bertz CT molecular complexity index is 3580. The number of furan rings is 1. The number of hydrogen-bond acceptors (Lipinski definition) is 5. The van der Waals surface area contributed by atoms with Crippen LogP contribution in [0.15, 0.2) is 233 Å². The molecule has 292 valence electrons. The number of oxazole rings is 1. The fourth-order valence-electron chi connectivity index (χ4n) is 8.94. The average molecular weight is 796 g/mol. The SMILES string of the molecule is c1ccc(-c2ccc(N(c3ccccc3)c3ccc4c(c3)c3ccccc3c3oc(-c5cccc(N(c6ccccc6)c6ccc7oc8ccccc8c7c6)c5)nc43)cc2)cc1. The van der Waals surface area contributed by atoms with Gasteiger partial charge in [-0.1, -0.05) is 127 Å². The maximum Gasteiger partial charge on any atom is 0.227 e. The van der Waals surface area contributed by atoms with E-state index >= 15 is 0 Å². The predicted octanol–water partition coefficient (Wildman–Crippen LogP) is 16.3. The van der Waals surface area contributed by atoms with Crippen molar-refractivity contribution in [2.45, 2.75) is 0 Å². The summed E-state index contributed by atoms with van der Waals surface area (Å²) in [5.41, 5.74) is 12.9. The number of anilines is 6. The van der Waals surface area contributed by atoms with E-state index in [1.54, 1.807) is 0 Å². The van der Waals surface area contributed by atoms with Crippen LogP contribution in [0.3, 0.4) is 0 Å². The van der Waals surface area contributed by atoms with Gasteiger partial charge in [-0.2, -0.15) is 0 Å². The highest BCUT2D eigenvalue weighted by Crippen LogP contribution is 2.44. The molecule has 0 amide bonds. The number of aromatic nitrogens is 1. The second-order valence-electron chi connectivity index (χ2n) is 15.6. The molecule has 0 bridgehead atoms. The van der Waals surface area contributed by atoms with E-state index in [0.29, 0.717) is 5.89 Å². The smallest absolute Gasteiger partial charge is 0.227 e. The Hall–Kier alpha value is -8.41. The largest absolute Gasteiger partial charge is 0.456 e. The third-order valence-corrected chi connectivity index (χ3v) is 11.8. The molecule has 0 aliphatic heterocycles. The van der Waals surface area contributed by atoms with E-state index in [1.165, 1.54) is 11.1 Å². The van der Waals surface area contributed by atoms with Crippen LogP contribution in [0.5, 0.6) is 0 Å². The summed E-state index contributed by atoms with van der Waals surface area (Å²) in [5.74, 6) is 0.567. The zero-order valence-corrected chi connectivity index (χ0v) is 33.5. The molecule has 0 fully saturated rings. The molecule has 0 saturated heterocycles. The fraction of sp³-hybridized carbons (Fsp3) is 0. The number of fused-ring (bicyclic) bond motifs is 9. The van der Waals surface area contributed by atoms with Crippen molar-refractivity contribution in [1.82, 2.24) is 4.98 Å². The van der Waals surface area contributed by atoms with Gasteiger partial charge in [0.1, 0.15) is 16.7 Å². The summed E-state index contributed by atoms with van der Waals surface area (Å²) < 4.78 is 13.0. The number of benzene rings is 10. The summed E-state index contributed by atoms with van der Waals surface area (Å²) in [4.78, 5) is 9.88. The average Bonchev–Trinajstić information content (AvgIpc) is 3.96. The molecule has 5 nitrogen and oxygen atoms in total. The standard InChI is InChI=1S/C57H37N3O2/c1-4-15-38(16-5-1)39-27-29-43(30-28-39)59(41-18-6-2-7-19-41)45-31-33-49-51(36-45)47-23-10-11-25-50(47)56-55(49)58-57(62-56)40-17-14-22-44(35-40)60(42-20-8-3-9-21-42)46-32-34-54-52(37-46)48-24-12-13-26-53(48)61-54/h1-37H. The normalized spacial score (nSPS) is 11.5. The van der Waals surface area contributed by atoms with Crippen LogP contribution in [0, 0.1) is 0 Å². The molecule has 10 aromatic carbocycles. The lowest BCUT2D eigenvalue weighted by Crippen LogP contribution is -2.09. The van der Waals surface area contributed by atoms with Gasteiger partial charge >= 0.3 is 0 Å². The van der Waals surface area contributed by atoms with E-state index in [0.717, 1.165) is 94.3 Å². The second kappa shape index (κ2) is 14.7. The van der Waals surface area contributed by atoms with E-state index in [9.17, 15) is 0 Å². The molecule has 0 aliphatic carbocycles. The first kappa shape index (κ1) is 35.5. The van der Waals surface area contributed by atoms with Crippen LogP contribution in [-0.2, 0) is 0 Å². The van der Waals surface area contributed by atoms with E-state index < -0.39 is 0 Å². The van der Waals surface area contributed by atoms with Crippen LogP contribution < -0.4 is 9.80 Å². The highest BCUT2D eigenvalue weighted by Gasteiger charge is 2.21. The van der Waals surface area contributed by atoms with Gasteiger partial charge in [-0.3, -0.25) is 0 Å². The molecule has 0 spiro atoms. The molecule has 12 rings (SSSR count). The first-order valence-corrected chi connectivity index (χ1v) is 20.9. The number of nitrogens with zero attached hydrogens (tertiary/aromatic N) is 3. The lowest BCUT2D eigenvalue weighted by molar-refractivity contribution is 0.623. The van der Waals surface area contributed by atoms with Gasteiger partial charge in [-0.25, -0.2) is 4.98 Å². The van der Waals surface area contributed by atoms with Gasteiger partial charge in [0.2, 0.25) is 5.89 Å². The Morgan fingerprint density at radius 3 is 1.53 bits per heavy atom. The van der Waals surface area contributed by atoms with Gasteiger partial charge in [0, 0.05) is 61.2 Å². The lowest BCUT2D eigenvalue weighted by Gasteiger charge is -2.26. The molecular formula is C57H37N3O2. The van der Waals surface area contributed by atoms with Crippen LogP contribution in [0.1, 0.15) is 0 Å². The van der Waals surface area contributed by atoms with Crippen molar-refractivity contribution in [3.05, 3.63) is 224 Å². The molecule has 0 aliphatic rings. The molecule has 2 heterocycles. The van der Waals surface area contributed by atoms with E-state index in [-0.39, 0.29) is 0 Å². The van der Waals surface area contributed by atoms with Crippen molar-refractivity contribution in [2.75, 3.05) is 9.80 Å². The Morgan fingerprint density at radius 1 is 0.290 bits per heavy atom. The quantitative estimate of drug-likeness (QED) is 0.143. The summed E-state index contributed by atoms with van der Waals surface area (Å²) in [6.45, 7) is 0. The van der Waals surface area contributed by atoms with E-state index in [1.807, 2.05) is 18.2 Å². The summed E-state index contributed by atoms with van der Waals surface area (Å²) in [5, 5.41) is 6.44. The topological polar surface area (TPSA) is 45.7 Å². The van der Waals surface area contributed by atoms with Crippen molar-refractivity contribution in [3.63, 3.8) is 0 Å². The molecule has 0 atom stereocenters. The van der Waals surface area contributed by atoms with E-state index in [4.69, 9.17) is 13.8 Å². The molecule has 12 aromatic rings. The van der Waals surface area contributed by atoms with Gasteiger partial charge in [-0.05, 0) is 119 Å². The number of para-hydroxylation sites is 3. The minimum atomic E-state index is 0.567. The second-order valence-corrected chi connectivity index (χ2v) is 15.6. The maximum absolute atomic E-state index is 6.83. The van der Waals surface area contributed by atoms with Crippen LogP contribution in [0.25, 0.3) is 77.2 Å². The van der Waals surface area contributed by atoms with Crippen LogP contribution in [-0.4, -0.2) is 4.98 Å². The molecule has 0 N–H and O–H groups in total. The number of hydrogen-bond donors (Lipinski definition) is 0. The lowest BCUT2D eigenvalue weighted by atomic mass is 9.99. The molecular weight excluding hydrogens is 759 g/mol. The number of rotatable bonds is 8. The highest BCUT2D eigenvalue weighted by molar-refractivity contribution is 6.23. The van der Waals surface area contributed by atoms with Gasteiger partial charge < -0.3 is 18.6 Å². The van der Waals surface area contributed by atoms with Gasteiger partial charge in [0.25, 0.3) is 0 Å². The molecule has 0 saturated carbocycles. The molecule has 0 radical (unpaired) electrons. The van der Waals surface area contributed by atoms with Crippen molar-refractivity contribution >= 4 is 88.7 Å². The summed E-state index contributed by atoms with van der Waals surface area (Å²) in [6.07, 6.45) is 0. The van der Waals surface area contributed by atoms with Crippen molar-refractivity contribution in [3.8, 4) is 22.6 Å². The maximum atomic E-state index is 6.83. The molecule has 2 aromatic heterocycles. The third-order valence-electron chi connectivity index (χ3n) is 11.8. The summed E-state index contributed by atoms with van der Waals surface area (Å²) in [7, 11) is 0.